The number of hydrogen-bond donors (Lipinski definition) is 0. The minimum absolute atomic E-state index is 0.964. The highest BCUT2D eigenvalue weighted by Gasteiger charge is 1.84. The van der Waals surface area contributed by atoms with Crippen LogP contribution in [0.2, 0.25) is 0 Å². The molecule has 1 rings (SSSR count). The van der Waals surface area contributed by atoms with Crippen molar-refractivity contribution in [2.75, 3.05) is 0 Å². The Morgan fingerprint density at radius 1 is 1.10 bits per heavy atom. The Balaban J connectivity index is 2.87. The van der Waals surface area contributed by atoms with Gasteiger partial charge in [0.1, 0.15) is 0 Å². The van der Waals surface area contributed by atoms with Crippen LogP contribution in [0.5, 0.6) is 0 Å². The molecule has 0 unspecified atom stereocenters. The maximum atomic E-state index is 3.29. The van der Waals surface area contributed by atoms with Crippen molar-refractivity contribution in [3.63, 3.8) is 0 Å². The van der Waals surface area contributed by atoms with Crippen molar-refractivity contribution in [3.05, 3.63) is 39.3 Å². The summed E-state index contributed by atoms with van der Waals surface area (Å²) in [6.07, 6.45) is 2.00. The molecule has 0 saturated heterocycles. The van der Waals surface area contributed by atoms with E-state index in [1.165, 1.54) is 5.56 Å². The maximum Gasteiger partial charge on any atom is 0.0610 e. The third-order valence-corrected chi connectivity index (χ3v) is 1.53. The highest BCUT2D eigenvalue weighted by molar-refractivity contribution is 9.28. The average molecular weight is 263 g/mol. The van der Waals surface area contributed by atoms with E-state index in [1.807, 2.05) is 36.4 Å². The third-order valence-electron chi connectivity index (χ3n) is 1.08. The van der Waals surface area contributed by atoms with Crippen molar-refractivity contribution >= 4 is 37.9 Å². The minimum Gasteiger partial charge on any atom is -0.0622 e. The molecule has 2 heteroatoms. The SMILES string of the molecule is BrC(Br)=[13CH]c1ccccc1. The maximum absolute atomic E-state index is 3.29. The van der Waals surface area contributed by atoms with Crippen LogP contribution in [0, 0.1) is 0 Å². The van der Waals surface area contributed by atoms with Gasteiger partial charge < -0.3 is 0 Å². The van der Waals surface area contributed by atoms with E-state index in [2.05, 4.69) is 31.9 Å². The van der Waals surface area contributed by atoms with Crippen molar-refractivity contribution in [2.24, 2.45) is 0 Å². The summed E-state index contributed by atoms with van der Waals surface area (Å²) >= 11 is 6.58. The first-order valence-corrected chi connectivity index (χ1v) is 4.45. The number of rotatable bonds is 1. The molecule has 0 aliphatic carbocycles. The normalized spacial score (nSPS) is 9.00. The van der Waals surface area contributed by atoms with Crippen LogP contribution in [0.3, 0.4) is 0 Å². The summed E-state index contributed by atoms with van der Waals surface area (Å²) in [5, 5.41) is 0. The molecule has 0 nitrogen and oxygen atoms in total. The van der Waals surface area contributed by atoms with Gasteiger partial charge in [0, 0.05) is 0 Å². The Morgan fingerprint density at radius 3 is 2.20 bits per heavy atom. The van der Waals surface area contributed by atoms with Crippen molar-refractivity contribution in [1.82, 2.24) is 0 Å². The lowest BCUT2D eigenvalue weighted by Gasteiger charge is -1.89. The molecule has 0 heterocycles. The molecule has 1 aromatic carbocycles. The molecule has 10 heavy (non-hydrogen) atoms. The van der Waals surface area contributed by atoms with Gasteiger partial charge in [0.25, 0.3) is 0 Å². The standard InChI is InChI=1S/C8H6Br2/c9-8(10)6-7-4-2-1-3-5-7/h1-6H/i6+1. The molecule has 0 saturated carbocycles. The molecule has 0 radical (unpaired) electrons. The molecule has 0 bridgehead atoms. The fourth-order valence-corrected chi connectivity index (χ4v) is 1.20. The molecule has 0 fully saturated rings. The average Bonchev–Trinajstić information content (AvgIpc) is 1.88. The zero-order valence-corrected chi connectivity index (χ0v) is 8.39. The Hall–Kier alpha value is -0.0800. The van der Waals surface area contributed by atoms with Crippen molar-refractivity contribution in [1.29, 1.82) is 0 Å². The fraction of sp³-hybridized carbons (Fsp3) is 0. The fourth-order valence-electron chi connectivity index (χ4n) is 0.675. The van der Waals surface area contributed by atoms with E-state index in [0.717, 1.165) is 3.39 Å². The van der Waals surface area contributed by atoms with E-state index in [4.69, 9.17) is 0 Å². The Labute approximate surface area is 77.2 Å². The molecule has 0 aliphatic heterocycles. The second-order valence-corrected chi connectivity index (χ2v) is 4.62. The molecule has 0 spiro atoms. The predicted molar refractivity (Wildman–Crippen MR) is 52.3 cm³/mol. The van der Waals surface area contributed by atoms with Gasteiger partial charge in [-0.15, -0.1) is 0 Å². The van der Waals surface area contributed by atoms with Gasteiger partial charge in [-0.2, -0.15) is 0 Å². The van der Waals surface area contributed by atoms with E-state index >= 15 is 0 Å². The van der Waals surface area contributed by atoms with Crippen LogP contribution in [-0.4, -0.2) is 0 Å². The minimum atomic E-state index is 0.964. The van der Waals surface area contributed by atoms with Gasteiger partial charge in [0.2, 0.25) is 0 Å². The van der Waals surface area contributed by atoms with Crippen LogP contribution < -0.4 is 0 Å². The van der Waals surface area contributed by atoms with Gasteiger partial charge in [-0.05, 0) is 43.5 Å². The first kappa shape index (κ1) is 8.02. The largest absolute Gasteiger partial charge is 0.0622 e. The topological polar surface area (TPSA) is 0 Å². The molecule has 0 N–H and O–H groups in total. The molecule has 0 amide bonds. The summed E-state index contributed by atoms with van der Waals surface area (Å²) in [6, 6.07) is 10.1. The van der Waals surface area contributed by atoms with Crippen LogP contribution in [0.1, 0.15) is 5.56 Å². The summed E-state index contributed by atoms with van der Waals surface area (Å²) < 4.78 is 0.964. The van der Waals surface area contributed by atoms with Crippen LogP contribution in [0.25, 0.3) is 6.08 Å². The number of halogens is 2. The molecule has 0 aliphatic rings. The van der Waals surface area contributed by atoms with Crippen LogP contribution >= 0.6 is 31.9 Å². The number of benzene rings is 1. The van der Waals surface area contributed by atoms with E-state index in [-0.39, 0.29) is 0 Å². The smallest absolute Gasteiger partial charge is 0.0610 e. The summed E-state index contributed by atoms with van der Waals surface area (Å²) in [4.78, 5) is 0. The second-order valence-electron chi connectivity index (χ2n) is 1.84. The zero-order valence-electron chi connectivity index (χ0n) is 5.22. The first-order valence-electron chi connectivity index (χ1n) is 2.87. The van der Waals surface area contributed by atoms with Gasteiger partial charge in [-0.1, -0.05) is 30.3 Å². The first-order chi connectivity index (χ1) is 4.79. The lowest BCUT2D eigenvalue weighted by atomic mass is 10.3. The quantitative estimate of drug-likeness (QED) is 0.676. The van der Waals surface area contributed by atoms with Crippen molar-refractivity contribution in [2.45, 2.75) is 0 Å². The molecule has 0 aromatic heterocycles. The molecular weight excluding hydrogens is 257 g/mol. The van der Waals surface area contributed by atoms with E-state index in [0.29, 0.717) is 0 Å². The van der Waals surface area contributed by atoms with Crippen molar-refractivity contribution in [3.8, 4) is 0 Å². The van der Waals surface area contributed by atoms with E-state index in [1.54, 1.807) is 0 Å². The second kappa shape index (κ2) is 3.94. The van der Waals surface area contributed by atoms with Gasteiger partial charge >= 0.3 is 0 Å². The van der Waals surface area contributed by atoms with Gasteiger partial charge in [0.05, 0.1) is 3.39 Å². The van der Waals surface area contributed by atoms with E-state index in [9.17, 15) is 0 Å². The summed E-state index contributed by atoms with van der Waals surface area (Å²) in [7, 11) is 0. The lowest BCUT2D eigenvalue weighted by molar-refractivity contribution is 1.66. The molecule has 52 valence electrons. The van der Waals surface area contributed by atoms with Crippen LogP contribution in [0.15, 0.2) is 33.7 Å². The summed E-state index contributed by atoms with van der Waals surface area (Å²) in [6.45, 7) is 0. The predicted octanol–water partition coefficient (Wildman–Crippen LogP) is 3.77. The van der Waals surface area contributed by atoms with Crippen molar-refractivity contribution < 1.29 is 0 Å². The van der Waals surface area contributed by atoms with E-state index < -0.39 is 0 Å². The molecule has 1 aromatic rings. The van der Waals surface area contributed by atoms with Gasteiger partial charge in [-0.25, -0.2) is 0 Å². The Bertz CT molecular complexity index is 222. The highest BCUT2D eigenvalue weighted by atomic mass is 79.9. The van der Waals surface area contributed by atoms with Crippen LogP contribution in [-0.2, 0) is 0 Å². The highest BCUT2D eigenvalue weighted by Crippen LogP contribution is 2.17. The number of hydrogen-bond acceptors (Lipinski definition) is 0. The summed E-state index contributed by atoms with van der Waals surface area (Å²) in [5.41, 5.74) is 1.19. The van der Waals surface area contributed by atoms with Crippen LogP contribution in [0.4, 0.5) is 0 Å². The Kier molecular flexibility index (Phi) is 3.16. The molecule has 0 atom stereocenters. The summed E-state index contributed by atoms with van der Waals surface area (Å²) in [5.74, 6) is 0. The van der Waals surface area contributed by atoms with Gasteiger partial charge in [-0.3, -0.25) is 0 Å². The lowest BCUT2D eigenvalue weighted by Crippen LogP contribution is -1.66. The third kappa shape index (κ3) is 2.67. The van der Waals surface area contributed by atoms with Gasteiger partial charge in [0.15, 0.2) is 0 Å². The Morgan fingerprint density at radius 2 is 1.70 bits per heavy atom. The monoisotopic (exact) mass is 261 g/mol. The molecular formula is C8H6Br2. The zero-order chi connectivity index (χ0) is 7.40.